The third-order valence-electron chi connectivity index (χ3n) is 3.59. The van der Waals surface area contributed by atoms with Crippen LogP contribution in [-0.2, 0) is 5.41 Å². The van der Waals surface area contributed by atoms with Crippen molar-refractivity contribution in [2.75, 3.05) is 7.11 Å². The fourth-order valence-electron chi connectivity index (χ4n) is 2.38. The van der Waals surface area contributed by atoms with Crippen molar-refractivity contribution in [3.05, 3.63) is 55.9 Å². The van der Waals surface area contributed by atoms with E-state index >= 15 is 0 Å². The number of methoxy groups -OCH3 is 1. The molecule has 1 N–H and O–H groups in total. The lowest BCUT2D eigenvalue weighted by Gasteiger charge is -2.25. The molecule has 23 heavy (non-hydrogen) atoms. The van der Waals surface area contributed by atoms with Gasteiger partial charge >= 0.3 is 5.69 Å². The summed E-state index contributed by atoms with van der Waals surface area (Å²) in [6.45, 7) is 7.23. The highest BCUT2D eigenvalue weighted by Crippen LogP contribution is 2.37. The number of aromatic amines is 1. The molecule has 0 atom stereocenters. The second-order valence-corrected chi connectivity index (χ2v) is 6.27. The average Bonchev–Trinajstić information content (AvgIpc) is 2.44. The van der Waals surface area contributed by atoms with Gasteiger partial charge in [-0.1, -0.05) is 20.8 Å². The van der Waals surface area contributed by atoms with Gasteiger partial charge in [0, 0.05) is 11.1 Å². The molecular formula is C16H18F2N2O3. The van der Waals surface area contributed by atoms with Crippen molar-refractivity contribution in [3.8, 4) is 11.4 Å². The van der Waals surface area contributed by atoms with Gasteiger partial charge in [0.2, 0.25) is 5.82 Å². The van der Waals surface area contributed by atoms with E-state index in [-0.39, 0.29) is 11.3 Å². The first-order valence-corrected chi connectivity index (χ1v) is 6.97. The summed E-state index contributed by atoms with van der Waals surface area (Å²) >= 11 is 0. The van der Waals surface area contributed by atoms with Gasteiger partial charge in [0.1, 0.15) is 5.75 Å². The van der Waals surface area contributed by atoms with Crippen LogP contribution in [0.4, 0.5) is 8.78 Å². The highest BCUT2D eigenvalue weighted by atomic mass is 19.1. The molecule has 0 saturated carbocycles. The Morgan fingerprint density at radius 1 is 1.22 bits per heavy atom. The Balaban J connectivity index is 2.89. The summed E-state index contributed by atoms with van der Waals surface area (Å²) in [4.78, 5) is 24.9. The van der Waals surface area contributed by atoms with E-state index in [1.165, 1.54) is 20.1 Å². The van der Waals surface area contributed by atoms with Crippen LogP contribution in [0.5, 0.6) is 5.75 Å². The number of rotatable bonds is 2. The second-order valence-electron chi connectivity index (χ2n) is 6.27. The number of hydrogen-bond donors (Lipinski definition) is 1. The lowest BCUT2D eigenvalue weighted by atomic mass is 9.84. The topological polar surface area (TPSA) is 64.1 Å². The molecule has 0 bridgehead atoms. The van der Waals surface area contributed by atoms with Gasteiger partial charge in [0.25, 0.3) is 5.56 Å². The molecule has 0 fully saturated rings. The van der Waals surface area contributed by atoms with Gasteiger partial charge in [0.05, 0.1) is 19.0 Å². The van der Waals surface area contributed by atoms with E-state index in [0.717, 1.165) is 4.57 Å². The molecule has 1 heterocycles. The van der Waals surface area contributed by atoms with Crippen LogP contribution >= 0.6 is 0 Å². The maximum absolute atomic E-state index is 14.7. The number of hydrogen-bond acceptors (Lipinski definition) is 3. The minimum atomic E-state index is -1.17. The SMILES string of the molecule is COc1c(C(C)(C)C)cc(-n2cc(F)c(=O)[nH]c2=O)c(F)c1C. The molecule has 0 aliphatic rings. The van der Waals surface area contributed by atoms with E-state index in [0.29, 0.717) is 17.5 Å². The minimum Gasteiger partial charge on any atom is -0.496 e. The first kappa shape index (κ1) is 16.9. The lowest BCUT2D eigenvalue weighted by Crippen LogP contribution is -2.31. The third-order valence-corrected chi connectivity index (χ3v) is 3.59. The van der Waals surface area contributed by atoms with Crippen molar-refractivity contribution in [3.63, 3.8) is 0 Å². The maximum Gasteiger partial charge on any atom is 0.333 e. The molecule has 124 valence electrons. The Morgan fingerprint density at radius 3 is 2.35 bits per heavy atom. The Labute approximate surface area is 131 Å². The van der Waals surface area contributed by atoms with Crippen molar-refractivity contribution in [2.45, 2.75) is 33.1 Å². The van der Waals surface area contributed by atoms with E-state index in [2.05, 4.69) is 0 Å². The van der Waals surface area contributed by atoms with Crippen molar-refractivity contribution in [1.29, 1.82) is 0 Å². The smallest absolute Gasteiger partial charge is 0.333 e. The molecule has 2 aromatic rings. The monoisotopic (exact) mass is 324 g/mol. The van der Waals surface area contributed by atoms with Crippen LogP contribution in [0.1, 0.15) is 31.9 Å². The van der Waals surface area contributed by atoms with Gasteiger partial charge in [0.15, 0.2) is 5.82 Å². The highest BCUT2D eigenvalue weighted by Gasteiger charge is 2.25. The van der Waals surface area contributed by atoms with Gasteiger partial charge in [-0.2, -0.15) is 4.39 Å². The van der Waals surface area contributed by atoms with Gasteiger partial charge in [-0.05, 0) is 18.4 Å². The van der Waals surface area contributed by atoms with E-state index < -0.39 is 28.3 Å². The predicted octanol–water partition coefficient (Wildman–Crippen LogP) is 2.42. The fraction of sp³-hybridized carbons (Fsp3) is 0.375. The summed E-state index contributed by atoms with van der Waals surface area (Å²) < 4.78 is 34.2. The number of nitrogens with zero attached hydrogens (tertiary/aromatic N) is 1. The fourth-order valence-corrected chi connectivity index (χ4v) is 2.38. The third kappa shape index (κ3) is 2.91. The molecule has 1 aromatic heterocycles. The number of halogens is 2. The molecular weight excluding hydrogens is 306 g/mol. The average molecular weight is 324 g/mol. The Kier molecular flexibility index (Phi) is 4.15. The number of H-pyrrole nitrogens is 1. The Bertz CT molecular complexity index is 877. The summed E-state index contributed by atoms with van der Waals surface area (Å²) in [6.07, 6.45) is 0.679. The molecule has 0 aliphatic heterocycles. The molecule has 7 heteroatoms. The summed E-state index contributed by atoms with van der Waals surface area (Å²) in [5, 5.41) is 0. The van der Waals surface area contributed by atoms with Crippen molar-refractivity contribution < 1.29 is 13.5 Å². The molecule has 0 amide bonds. The normalized spacial score (nSPS) is 11.6. The summed E-state index contributed by atoms with van der Waals surface area (Å²) in [5.74, 6) is -1.52. The molecule has 0 saturated heterocycles. The molecule has 0 aliphatic carbocycles. The Morgan fingerprint density at radius 2 is 1.83 bits per heavy atom. The summed E-state index contributed by atoms with van der Waals surface area (Å²) in [7, 11) is 1.43. The first-order valence-electron chi connectivity index (χ1n) is 6.97. The largest absolute Gasteiger partial charge is 0.496 e. The molecule has 1 aromatic carbocycles. The van der Waals surface area contributed by atoms with Crippen molar-refractivity contribution in [1.82, 2.24) is 9.55 Å². The van der Waals surface area contributed by atoms with Crippen molar-refractivity contribution >= 4 is 0 Å². The van der Waals surface area contributed by atoms with Crippen LogP contribution in [0.2, 0.25) is 0 Å². The molecule has 0 radical (unpaired) electrons. The number of aromatic nitrogens is 2. The van der Waals surface area contributed by atoms with Gasteiger partial charge < -0.3 is 4.74 Å². The molecule has 2 rings (SSSR count). The minimum absolute atomic E-state index is 0.145. The van der Waals surface area contributed by atoms with E-state index in [1.54, 1.807) is 0 Å². The van der Waals surface area contributed by atoms with E-state index in [4.69, 9.17) is 4.74 Å². The van der Waals surface area contributed by atoms with Crippen LogP contribution < -0.4 is 16.0 Å². The molecule has 0 unspecified atom stereocenters. The standard InChI is InChI=1S/C16H18F2N2O3/c1-8-12(18)11(6-9(13(8)23-5)16(2,3)4)20-7-10(17)14(21)19-15(20)22/h6-7H,1-5H3,(H,19,21,22). The predicted molar refractivity (Wildman–Crippen MR) is 82.6 cm³/mol. The van der Waals surface area contributed by atoms with Crippen LogP contribution in [0.3, 0.4) is 0 Å². The van der Waals surface area contributed by atoms with Crippen LogP contribution in [-0.4, -0.2) is 16.7 Å². The first-order chi connectivity index (χ1) is 10.6. The highest BCUT2D eigenvalue weighted by molar-refractivity contribution is 5.53. The number of nitrogens with one attached hydrogen (secondary N) is 1. The lowest BCUT2D eigenvalue weighted by molar-refractivity contribution is 0.389. The van der Waals surface area contributed by atoms with Crippen LogP contribution in [0.25, 0.3) is 5.69 Å². The van der Waals surface area contributed by atoms with Gasteiger partial charge in [-0.15, -0.1) is 0 Å². The summed E-state index contributed by atoms with van der Waals surface area (Å²) in [6, 6.07) is 1.43. The zero-order valence-electron chi connectivity index (χ0n) is 13.6. The zero-order chi connectivity index (χ0) is 17.5. The van der Waals surface area contributed by atoms with Crippen LogP contribution in [0, 0.1) is 18.6 Å². The number of ether oxygens (including phenoxy) is 1. The van der Waals surface area contributed by atoms with Crippen molar-refractivity contribution in [2.24, 2.45) is 0 Å². The Hall–Kier alpha value is -2.44. The van der Waals surface area contributed by atoms with E-state index in [1.807, 2.05) is 25.8 Å². The zero-order valence-corrected chi connectivity index (χ0v) is 13.6. The van der Waals surface area contributed by atoms with E-state index in [9.17, 15) is 18.4 Å². The van der Waals surface area contributed by atoms with Gasteiger partial charge in [-0.3, -0.25) is 14.3 Å². The van der Waals surface area contributed by atoms with Gasteiger partial charge in [-0.25, -0.2) is 9.18 Å². The molecule has 5 nitrogen and oxygen atoms in total. The molecule has 0 spiro atoms. The quantitative estimate of drug-likeness (QED) is 0.923. The number of benzene rings is 1. The van der Waals surface area contributed by atoms with Crippen LogP contribution in [0.15, 0.2) is 21.9 Å². The summed E-state index contributed by atoms with van der Waals surface area (Å²) in [5.41, 5.74) is -1.75. The maximum atomic E-state index is 14.7. The second kappa shape index (κ2) is 5.64.